The largest absolute Gasteiger partial charge is 0.417 e. The first-order valence-electron chi connectivity index (χ1n) is 6.04. The van der Waals surface area contributed by atoms with Crippen LogP contribution in [0.4, 0.5) is 13.2 Å². The first-order chi connectivity index (χ1) is 8.86. The van der Waals surface area contributed by atoms with E-state index in [1.807, 2.05) is 0 Å². The molecule has 0 aliphatic rings. The fraction of sp³-hybridized carbons (Fsp3) is 0.462. The molecule has 0 saturated carbocycles. The van der Waals surface area contributed by atoms with Gasteiger partial charge in [0.1, 0.15) is 5.84 Å². The number of hydrogen-bond donors (Lipinski definition) is 2. The molecule has 2 nitrogen and oxygen atoms in total. The molecule has 0 heterocycles. The summed E-state index contributed by atoms with van der Waals surface area (Å²) < 4.78 is 38.6. The summed E-state index contributed by atoms with van der Waals surface area (Å²) in [7, 11) is 0. The van der Waals surface area contributed by atoms with E-state index in [0.29, 0.717) is 4.90 Å². The minimum absolute atomic E-state index is 0.259. The lowest BCUT2D eigenvalue weighted by atomic mass is 10.1. The second-order valence-electron chi connectivity index (χ2n) is 4.17. The number of amidine groups is 1. The first kappa shape index (κ1) is 15.9. The molecule has 19 heavy (non-hydrogen) atoms. The molecule has 1 aromatic rings. The third kappa shape index (κ3) is 4.78. The maximum absolute atomic E-state index is 12.9. The van der Waals surface area contributed by atoms with E-state index in [1.165, 1.54) is 17.8 Å². The first-order valence-corrected chi connectivity index (χ1v) is 7.03. The molecule has 0 atom stereocenters. The Bertz CT molecular complexity index is 444. The summed E-state index contributed by atoms with van der Waals surface area (Å²) in [6.07, 6.45) is -1.35. The molecule has 1 aromatic carbocycles. The van der Waals surface area contributed by atoms with E-state index >= 15 is 0 Å². The molecule has 0 unspecified atom stereocenters. The Labute approximate surface area is 115 Å². The molecule has 0 bridgehead atoms. The number of alkyl halides is 3. The van der Waals surface area contributed by atoms with Gasteiger partial charge in [-0.3, -0.25) is 5.41 Å². The molecule has 0 fully saturated rings. The van der Waals surface area contributed by atoms with E-state index < -0.39 is 17.6 Å². The van der Waals surface area contributed by atoms with Crippen LogP contribution in [0.5, 0.6) is 0 Å². The van der Waals surface area contributed by atoms with Gasteiger partial charge in [0.25, 0.3) is 0 Å². The Morgan fingerprint density at radius 2 is 2.00 bits per heavy atom. The minimum atomic E-state index is -4.49. The molecule has 0 radical (unpaired) electrons. The van der Waals surface area contributed by atoms with Crippen LogP contribution in [0, 0.1) is 5.41 Å². The van der Waals surface area contributed by atoms with Gasteiger partial charge in [0, 0.05) is 10.5 Å². The predicted molar refractivity (Wildman–Crippen MR) is 72.7 cm³/mol. The number of benzene rings is 1. The van der Waals surface area contributed by atoms with Gasteiger partial charge in [-0.15, -0.1) is 11.8 Å². The molecule has 3 N–H and O–H groups in total. The van der Waals surface area contributed by atoms with Crippen molar-refractivity contribution in [1.82, 2.24) is 0 Å². The van der Waals surface area contributed by atoms with Crippen LogP contribution >= 0.6 is 11.8 Å². The number of nitrogen functional groups attached to an aromatic ring is 1. The highest BCUT2D eigenvalue weighted by Crippen LogP contribution is 2.34. The van der Waals surface area contributed by atoms with Gasteiger partial charge in [0.2, 0.25) is 0 Å². The third-order valence-electron chi connectivity index (χ3n) is 2.60. The summed E-state index contributed by atoms with van der Waals surface area (Å²) in [4.78, 5) is 0.563. The van der Waals surface area contributed by atoms with Gasteiger partial charge in [-0.25, -0.2) is 0 Å². The van der Waals surface area contributed by atoms with E-state index in [2.05, 4.69) is 6.92 Å². The summed E-state index contributed by atoms with van der Waals surface area (Å²) in [5, 5.41) is 7.19. The van der Waals surface area contributed by atoms with Crippen molar-refractivity contribution in [3.05, 3.63) is 29.3 Å². The molecule has 0 amide bonds. The fourth-order valence-electron chi connectivity index (χ4n) is 1.62. The summed E-state index contributed by atoms with van der Waals surface area (Å²) in [5.74, 6) is 0.236. The van der Waals surface area contributed by atoms with Crippen LogP contribution in [0.3, 0.4) is 0 Å². The van der Waals surface area contributed by atoms with Crippen LogP contribution < -0.4 is 5.73 Å². The fourth-order valence-corrected chi connectivity index (χ4v) is 2.57. The molecule has 0 aliphatic heterocycles. The quantitative estimate of drug-likeness (QED) is 0.356. The molecule has 0 aromatic heterocycles. The van der Waals surface area contributed by atoms with Crippen molar-refractivity contribution >= 4 is 17.6 Å². The second kappa shape index (κ2) is 6.84. The van der Waals surface area contributed by atoms with E-state index in [1.54, 1.807) is 6.07 Å². The van der Waals surface area contributed by atoms with E-state index in [0.717, 1.165) is 31.1 Å². The number of thioether (sulfide) groups is 1. The van der Waals surface area contributed by atoms with Crippen LogP contribution in [0.15, 0.2) is 23.1 Å². The van der Waals surface area contributed by atoms with Gasteiger partial charge in [-0.05, 0) is 30.4 Å². The van der Waals surface area contributed by atoms with Crippen molar-refractivity contribution in [1.29, 1.82) is 5.41 Å². The SMILES string of the molecule is CCCCCSc1ccc(C(=N)N)c(C(F)(F)F)c1. The summed E-state index contributed by atoms with van der Waals surface area (Å²) in [6.45, 7) is 2.08. The zero-order valence-electron chi connectivity index (χ0n) is 10.7. The lowest BCUT2D eigenvalue weighted by Gasteiger charge is -2.13. The van der Waals surface area contributed by atoms with Crippen molar-refractivity contribution in [2.24, 2.45) is 5.73 Å². The van der Waals surface area contributed by atoms with E-state index in [-0.39, 0.29) is 5.56 Å². The van der Waals surface area contributed by atoms with Gasteiger partial charge >= 0.3 is 6.18 Å². The predicted octanol–water partition coefficient (Wildman–Crippen LogP) is 4.27. The van der Waals surface area contributed by atoms with Crippen molar-refractivity contribution in [3.63, 3.8) is 0 Å². The number of nitrogens with one attached hydrogen (secondary N) is 1. The number of halogens is 3. The molecular weight excluding hydrogens is 273 g/mol. The molecule has 6 heteroatoms. The summed E-state index contributed by atoms with van der Waals surface area (Å²) >= 11 is 1.40. The Hall–Kier alpha value is -1.17. The van der Waals surface area contributed by atoms with Crippen LogP contribution in [-0.2, 0) is 6.18 Å². The van der Waals surface area contributed by atoms with Crippen LogP contribution in [0.2, 0.25) is 0 Å². The maximum atomic E-state index is 12.9. The average molecular weight is 290 g/mol. The normalized spacial score (nSPS) is 11.6. The highest BCUT2D eigenvalue weighted by atomic mass is 32.2. The topological polar surface area (TPSA) is 49.9 Å². The Morgan fingerprint density at radius 1 is 1.32 bits per heavy atom. The van der Waals surface area contributed by atoms with E-state index in [9.17, 15) is 13.2 Å². The van der Waals surface area contributed by atoms with Gasteiger partial charge in [-0.2, -0.15) is 13.2 Å². The third-order valence-corrected chi connectivity index (χ3v) is 3.68. The second-order valence-corrected chi connectivity index (χ2v) is 5.34. The maximum Gasteiger partial charge on any atom is 0.417 e. The van der Waals surface area contributed by atoms with Crippen LogP contribution in [0.1, 0.15) is 37.3 Å². The molecule has 0 saturated heterocycles. The standard InChI is InChI=1S/C13H17F3N2S/c1-2-3-4-7-19-9-5-6-10(12(17)18)11(8-9)13(14,15)16/h5-6,8H,2-4,7H2,1H3,(H3,17,18). The monoisotopic (exact) mass is 290 g/mol. The molecular formula is C13H17F3N2S. The lowest BCUT2D eigenvalue weighted by molar-refractivity contribution is -0.137. The number of nitrogens with two attached hydrogens (primary N) is 1. The summed E-state index contributed by atoms with van der Waals surface area (Å²) in [6, 6.07) is 3.93. The van der Waals surface area contributed by atoms with Crippen molar-refractivity contribution in [2.45, 2.75) is 37.3 Å². The Balaban J connectivity index is 2.90. The number of hydrogen-bond acceptors (Lipinski definition) is 2. The molecule has 106 valence electrons. The lowest BCUT2D eigenvalue weighted by Crippen LogP contribution is -2.18. The van der Waals surface area contributed by atoms with Crippen LogP contribution in [-0.4, -0.2) is 11.6 Å². The van der Waals surface area contributed by atoms with Crippen molar-refractivity contribution < 1.29 is 13.2 Å². The summed E-state index contributed by atoms with van der Waals surface area (Å²) in [5.41, 5.74) is 4.09. The van der Waals surface area contributed by atoms with E-state index in [4.69, 9.17) is 11.1 Å². The number of rotatable bonds is 6. The molecule has 0 spiro atoms. The van der Waals surface area contributed by atoms with Gasteiger partial charge in [-0.1, -0.05) is 19.8 Å². The average Bonchev–Trinajstić information content (AvgIpc) is 2.33. The highest BCUT2D eigenvalue weighted by Gasteiger charge is 2.34. The van der Waals surface area contributed by atoms with Crippen molar-refractivity contribution in [3.8, 4) is 0 Å². The highest BCUT2D eigenvalue weighted by molar-refractivity contribution is 7.99. The Kier molecular flexibility index (Phi) is 5.72. The smallest absolute Gasteiger partial charge is 0.384 e. The van der Waals surface area contributed by atoms with Gasteiger partial charge < -0.3 is 5.73 Å². The molecule has 1 rings (SSSR count). The minimum Gasteiger partial charge on any atom is -0.384 e. The zero-order chi connectivity index (χ0) is 14.5. The number of unbranched alkanes of at least 4 members (excludes halogenated alkanes) is 2. The Morgan fingerprint density at radius 3 is 2.53 bits per heavy atom. The zero-order valence-corrected chi connectivity index (χ0v) is 11.5. The molecule has 0 aliphatic carbocycles. The van der Waals surface area contributed by atoms with Crippen molar-refractivity contribution in [2.75, 3.05) is 5.75 Å². The van der Waals surface area contributed by atoms with Gasteiger partial charge in [0.05, 0.1) is 5.56 Å². The van der Waals surface area contributed by atoms with Gasteiger partial charge in [0.15, 0.2) is 0 Å². The van der Waals surface area contributed by atoms with Crippen LogP contribution in [0.25, 0.3) is 0 Å².